The Morgan fingerprint density at radius 2 is 2.27 bits per heavy atom. The highest BCUT2D eigenvalue weighted by Gasteiger charge is 2.28. The smallest absolute Gasteiger partial charge is 0.0671 e. The van der Waals surface area contributed by atoms with Crippen molar-refractivity contribution in [2.75, 3.05) is 13.6 Å². The van der Waals surface area contributed by atoms with Crippen LogP contribution in [0.15, 0.2) is 18.3 Å². The van der Waals surface area contributed by atoms with Gasteiger partial charge in [0, 0.05) is 12.2 Å². The van der Waals surface area contributed by atoms with E-state index >= 15 is 0 Å². The molecule has 0 radical (unpaired) electrons. The van der Waals surface area contributed by atoms with Gasteiger partial charge < -0.3 is 5.73 Å². The van der Waals surface area contributed by atoms with E-state index in [0.29, 0.717) is 6.04 Å². The molecule has 2 N–H and O–H groups in total. The molecule has 1 aliphatic rings. The number of hydrogen-bond donors (Lipinski definition) is 1. The Bertz CT molecular complexity index is 310. The average molecular weight is 205 g/mol. The van der Waals surface area contributed by atoms with Crippen molar-refractivity contribution in [2.45, 2.75) is 31.8 Å². The molecule has 3 nitrogen and oxygen atoms in total. The third-order valence-corrected chi connectivity index (χ3v) is 3.17. The Morgan fingerprint density at radius 1 is 1.47 bits per heavy atom. The molecule has 2 unspecified atom stereocenters. The zero-order valence-corrected chi connectivity index (χ0v) is 9.48. The van der Waals surface area contributed by atoms with E-state index in [2.05, 4.69) is 36.0 Å². The van der Waals surface area contributed by atoms with Crippen LogP contribution in [0.1, 0.15) is 30.1 Å². The summed E-state index contributed by atoms with van der Waals surface area (Å²) in [5.74, 6) is 0. The molecular weight excluding hydrogens is 186 g/mol. The molecular formula is C12H19N3. The molecule has 0 aliphatic carbocycles. The van der Waals surface area contributed by atoms with Crippen LogP contribution in [0.4, 0.5) is 0 Å². The number of likely N-dealkylation sites (tertiary alicyclic amines) is 1. The van der Waals surface area contributed by atoms with Gasteiger partial charge in [0.25, 0.3) is 0 Å². The highest BCUT2D eigenvalue weighted by atomic mass is 15.2. The maximum absolute atomic E-state index is 6.16. The largest absolute Gasteiger partial charge is 0.326 e. The normalized spacial score (nSPS) is 27.9. The molecule has 0 aromatic carbocycles. The van der Waals surface area contributed by atoms with Crippen LogP contribution in [0.5, 0.6) is 0 Å². The minimum Gasteiger partial charge on any atom is -0.326 e. The van der Waals surface area contributed by atoms with E-state index in [-0.39, 0.29) is 6.04 Å². The first kappa shape index (κ1) is 10.6. The zero-order chi connectivity index (χ0) is 10.8. The molecule has 1 aliphatic heterocycles. The van der Waals surface area contributed by atoms with E-state index in [1.54, 1.807) is 0 Å². The van der Waals surface area contributed by atoms with E-state index in [1.165, 1.54) is 12.0 Å². The predicted molar refractivity (Wildman–Crippen MR) is 61.6 cm³/mol. The van der Waals surface area contributed by atoms with Gasteiger partial charge in [-0.05, 0) is 45.0 Å². The van der Waals surface area contributed by atoms with Crippen molar-refractivity contribution < 1.29 is 0 Å². The lowest BCUT2D eigenvalue weighted by Crippen LogP contribution is -2.44. The van der Waals surface area contributed by atoms with Crippen molar-refractivity contribution in [3.8, 4) is 0 Å². The van der Waals surface area contributed by atoms with Crippen molar-refractivity contribution in [1.82, 2.24) is 9.88 Å². The van der Waals surface area contributed by atoms with Crippen molar-refractivity contribution in [1.29, 1.82) is 0 Å². The van der Waals surface area contributed by atoms with Crippen LogP contribution in [0, 0.1) is 6.92 Å². The maximum atomic E-state index is 6.16. The summed E-state index contributed by atoms with van der Waals surface area (Å²) in [6.45, 7) is 3.18. The van der Waals surface area contributed by atoms with Gasteiger partial charge in [0.1, 0.15) is 0 Å². The van der Waals surface area contributed by atoms with Gasteiger partial charge in [-0.15, -0.1) is 0 Å². The number of pyridine rings is 1. The number of hydrogen-bond acceptors (Lipinski definition) is 3. The monoisotopic (exact) mass is 205 g/mol. The number of likely N-dealkylation sites (N-methyl/N-ethyl adjacent to an activating group) is 1. The second-order valence-corrected chi connectivity index (χ2v) is 4.49. The molecule has 1 fully saturated rings. The van der Waals surface area contributed by atoms with Crippen molar-refractivity contribution in [2.24, 2.45) is 5.73 Å². The fourth-order valence-corrected chi connectivity index (χ4v) is 2.30. The average Bonchev–Trinajstić information content (AvgIpc) is 2.20. The molecule has 1 aromatic heterocycles. The molecule has 1 saturated heterocycles. The number of nitrogens with zero attached hydrogens (tertiary/aromatic N) is 2. The molecule has 0 saturated carbocycles. The Kier molecular flexibility index (Phi) is 3.03. The van der Waals surface area contributed by atoms with Gasteiger partial charge in [-0.25, -0.2) is 0 Å². The van der Waals surface area contributed by atoms with Crippen molar-refractivity contribution in [3.63, 3.8) is 0 Å². The minimum absolute atomic E-state index is 0.221. The van der Waals surface area contributed by atoms with Crippen molar-refractivity contribution >= 4 is 0 Å². The zero-order valence-electron chi connectivity index (χ0n) is 9.48. The van der Waals surface area contributed by atoms with Gasteiger partial charge in [-0.1, -0.05) is 6.07 Å². The quantitative estimate of drug-likeness (QED) is 0.755. The maximum Gasteiger partial charge on any atom is 0.0671 e. The summed E-state index contributed by atoms with van der Waals surface area (Å²) in [4.78, 5) is 6.79. The van der Waals surface area contributed by atoms with Gasteiger partial charge in [0.05, 0.1) is 11.7 Å². The molecule has 2 heterocycles. The SMILES string of the molecule is Cc1ccc(C2C(N)CCCN2C)nc1. The molecule has 0 amide bonds. The highest BCUT2D eigenvalue weighted by molar-refractivity contribution is 5.17. The first-order valence-corrected chi connectivity index (χ1v) is 5.57. The third-order valence-electron chi connectivity index (χ3n) is 3.17. The van der Waals surface area contributed by atoms with Gasteiger partial charge in [0.2, 0.25) is 0 Å². The molecule has 2 atom stereocenters. The van der Waals surface area contributed by atoms with E-state index in [1.807, 2.05) is 6.20 Å². The summed E-state index contributed by atoms with van der Waals surface area (Å²) >= 11 is 0. The molecule has 2 rings (SSSR count). The van der Waals surface area contributed by atoms with Crippen LogP contribution in [0.25, 0.3) is 0 Å². The van der Waals surface area contributed by atoms with E-state index in [4.69, 9.17) is 5.73 Å². The summed E-state index contributed by atoms with van der Waals surface area (Å²) in [6, 6.07) is 4.72. The first-order chi connectivity index (χ1) is 7.18. The third kappa shape index (κ3) is 2.19. The fourth-order valence-electron chi connectivity index (χ4n) is 2.30. The first-order valence-electron chi connectivity index (χ1n) is 5.57. The summed E-state index contributed by atoms with van der Waals surface area (Å²) in [5, 5.41) is 0. The predicted octanol–water partition coefficient (Wildman–Crippen LogP) is 1.48. The molecule has 3 heteroatoms. The lowest BCUT2D eigenvalue weighted by molar-refractivity contribution is 0.159. The van der Waals surface area contributed by atoms with Crippen molar-refractivity contribution in [3.05, 3.63) is 29.6 Å². The highest BCUT2D eigenvalue weighted by Crippen LogP contribution is 2.27. The fraction of sp³-hybridized carbons (Fsp3) is 0.583. The lowest BCUT2D eigenvalue weighted by Gasteiger charge is -2.36. The van der Waals surface area contributed by atoms with Gasteiger partial charge >= 0.3 is 0 Å². The molecule has 82 valence electrons. The van der Waals surface area contributed by atoms with Crippen LogP contribution >= 0.6 is 0 Å². The Labute approximate surface area is 91.3 Å². The summed E-state index contributed by atoms with van der Waals surface area (Å²) in [6.07, 6.45) is 4.22. The lowest BCUT2D eigenvalue weighted by atomic mass is 9.94. The van der Waals surface area contributed by atoms with Gasteiger partial charge in [-0.3, -0.25) is 9.88 Å². The summed E-state index contributed by atoms with van der Waals surface area (Å²) in [7, 11) is 2.13. The number of aromatic nitrogens is 1. The number of aryl methyl sites for hydroxylation is 1. The Morgan fingerprint density at radius 3 is 2.87 bits per heavy atom. The number of rotatable bonds is 1. The minimum atomic E-state index is 0.221. The van der Waals surface area contributed by atoms with E-state index in [0.717, 1.165) is 18.7 Å². The molecule has 1 aromatic rings. The number of piperidine rings is 1. The van der Waals surface area contributed by atoms with E-state index in [9.17, 15) is 0 Å². The van der Waals surface area contributed by atoms with Gasteiger partial charge in [0.15, 0.2) is 0 Å². The summed E-state index contributed by atoms with van der Waals surface area (Å²) < 4.78 is 0. The van der Waals surface area contributed by atoms with Crippen LogP contribution in [-0.2, 0) is 0 Å². The Balaban J connectivity index is 2.23. The molecule has 0 bridgehead atoms. The standard InChI is InChI=1S/C12H19N3/c1-9-5-6-11(14-8-9)12-10(13)4-3-7-15(12)2/h5-6,8,10,12H,3-4,7,13H2,1-2H3. The topological polar surface area (TPSA) is 42.1 Å². The van der Waals surface area contributed by atoms with Gasteiger partial charge in [-0.2, -0.15) is 0 Å². The van der Waals surface area contributed by atoms with Crippen LogP contribution < -0.4 is 5.73 Å². The molecule has 0 spiro atoms. The number of nitrogens with two attached hydrogens (primary N) is 1. The summed E-state index contributed by atoms with van der Waals surface area (Å²) in [5.41, 5.74) is 8.46. The van der Waals surface area contributed by atoms with Crippen LogP contribution in [0.2, 0.25) is 0 Å². The van der Waals surface area contributed by atoms with Crippen LogP contribution in [0.3, 0.4) is 0 Å². The second kappa shape index (κ2) is 4.29. The Hall–Kier alpha value is -0.930. The van der Waals surface area contributed by atoms with Crippen LogP contribution in [-0.4, -0.2) is 29.5 Å². The second-order valence-electron chi connectivity index (χ2n) is 4.49. The molecule has 15 heavy (non-hydrogen) atoms. The van der Waals surface area contributed by atoms with E-state index < -0.39 is 0 Å².